The summed E-state index contributed by atoms with van der Waals surface area (Å²) in [4.78, 5) is 8.54. The van der Waals surface area contributed by atoms with Gasteiger partial charge in [0.15, 0.2) is 5.16 Å². The second-order valence-corrected chi connectivity index (χ2v) is 5.12. The number of aromatic nitrogens is 2. The average molecular weight is 275 g/mol. The molecule has 0 unspecified atom stereocenters. The Kier molecular flexibility index (Phi) is 4.76. The van der Waals surface area contributed by atoms with Crippen LogP contribution in [0.15, 0.2) is 35.7 Å². The molecule has 0 saturated heterocycles. The molecule has 19 heavy (non-hydrogen) atoms. The van der Waals surface area contributed by atoms with E-state index in [1.54, 1.807) is 18.9 Å². The Hall–Kier alpha value is -1.59. The van der Waals surface area contributed by atoms with E-state index >= 15 is 0 Å². The van der Waals surface area contributed by atoms with E-state index in [9.17, 15) is 0 Å². The van der Waals surface area contributed by atoms with Gasteiger partial charge in [-0.3, -0.25) is 0 Å². The summed E-state index contributed by atoms with van der Waals surface area (Å²) < 4.78 is 5.26. The predicted molar refractivity (Wildman–Crippen MR) is 77.2 cm³/mol. The van der Waals surface area contributed by atoms with Crippen molar-refractivity contribution < 1.29 is 4.74 Å². The lowest BCUT2D eigenvalue weighted by Crippen LogP contribution is -2.00. The van der Waals surface area contributed by atoms with Gasteiger partial charge in [0.1, 0.15) is 5.75 Å². The summed E-state index contributed by atoms with van der Waals surface area (Å²) in [6.45, 7) is 2.45. The smallest absolute Gasteiger partial charge is 0.187 e. The van der Waals surface area contributed by atoms with Gasteiger partial charge >= 0.3 is 0 Å². The molecule has 0 saturated carbocycles. The van der Waals surface area contributed by atoms with E-state index in [4.69, 9.17) is 10.5 Å². The quantitative estimate of drug-likeness (QED) is 0.671. The molecule has 0 aliphatic carbocycles. The molecule has 1 aromatic heterocycles. The second kappa shape index (κ2) is 6.54. The van der Waals surface area contributed by atoms with Gasteiger partial charge in [0.05, 0.1) is 7.11 Å². The minimum Gasteiger partial charge on any atom is -0.496 e. The first-order chi connectivity index (χ1) is 9.22. The van der Waals surface area contributed by atoms with Gasteiger partial charge in [-0.1, -0.05) is 17.8 Å². The Labute approximate surface area is 117 Å². The van der Waals surface area contributed by atoms with E-state index in [1.165, 1.54) is 5.56 Å². The molecule has 2 N–H and O–H groups in total. The van der Waals surface area contributed by atoms with Crippen LogP contribution in [0.5, 0.6) is 5.75 Å². The van der Waals surface area contributed by atoms with Crippen LogP contribution in [0.2, 0.25) is 0 Å². The highest BCUT2D eigenvalue weighted by molar-refractivity contribution is 7.98. The lowest BCUT2D eigenvalue weighted by Gasteiger charge is -2.08. The zero-order chi connectivity index (χ0) is 13.7. The molecule has 1 heterocycles. The van der Waals surface area contributed by atoms with Gasteiger partial charge in [0.2, 0.25) is 0 Å². The molecule has 4 nitrogen and oxygen atoms in total. The molecule has 0 aliphatic heterocycles. The highest BCUT2D eigenvalue weighted by Gasteiger charge is 2.04. The van der Waals surface area contributed by atoms with E-state index in [1.807, 2.05) is 31.5 Å². The molecule has 0 atom stereocenters. The van der Waals surface area contributed by atoms with E-state index in [0.29, 0.717) is 6.54 Å². The minimum absolute atomic E-state index is 0.475. The first-order valence-electron chi connectivity index (χ1n) is 6.00. The number of benzene rings is 1. The number of ether oxygens (including phenoxy) is 1. The van der Waals surface area contributed by atoms with Gasteiger partial charge in [0.25, 0.3) is 0 Å². The number of rotatable bonds is 5. The highest BCUT2D eigenvalue weighted by atomic mass is 32.2. The molecule has 5 heteroatoms. The monoisotopic (exact) mass is 275 g/mol. The van der Waals surface area contributed by atoms with E-state index in [2.05, 4.69) is 16.0 Å². The fourth-order valence-corrected chi connectivity index (χ4v) is 2.41. The molecular weight excluding hydrogens is 258 g/mol. The van der Waals surface area contributed by atoms with E-state index in [-0.39, 0.29) is 0 Å². The molecule has 100 valence electrons. The van der Waals surface area contributed by atoms with Crippen molar-refractivity contribution >= 4 is 11.8 Å². The number of hydrogen-bond acceptors (Lipinski definition) is 5. The van der Waals surface area contributed by atoms with Crippen molar-refractivity contribution in [3.8, 4) is 5.75 Å². The number of methoxy groups -OCH3 is 1. The van der Waals surface area contributed by atoms with Crippen molar-refractivity contribution in [3.05, 3.63) is 47.3 Å². The molecule has 0 radical (unpaired) electrons. The highest BCUT2D eigenvalue weighted by Crippen LogP contribution is 2.24. The van der Waals surface area contributed by atoms with Crippen molar-refractivity contribution in [1.29, 1.82) is 0 Å². The molecular formula is C14H17N3OS. The lowest BCUT2D eigenvalue weighted by molar-refractivity contribution is 0.409. The maximum Gasteiger partial charge on any atom is 0.187 e. The summed E-state index contributed by atoms with van der Waals surface area (Å²) in [5.74, 6) is 1.66. The number of thioether (sulfide) groups is 1. The number of nitrogens with zero attached hydrogens (tertiary/aromatic N) is 2. The Morgan fingerprint density at radius 3 is 2.63 bits per heavy atom. The molecule has 0 bridgehead atoms. The van der Waals surface area contributed by atoms with Crippen molar-refractivity contribution in [2.45, 2.75) is 24.4 Å². The summed E-state index contributed by atoms with van der Waals surface area (Å²) in [6.07, 6.45) is 3.66. The summed E-state index contributed by atoms with van der Waals surface area (Å²) in [6, 6.07) is 6.06. The van der Waals surface area contributed by atoms with Crippen LogP contribution in [0.1, 0.15) is 16.7 Å². The topological polar surface area (TPSA) is 61.0 Å². The Bertz CT molecular complexity index is 543. The molecule has 1 aromatic carbocycles. The SMILES string of the molecule is COc1ccc(CSc2ncc(C)cn2)cc1CN. The number of nitrogens with two attached hydrogens (primary N) is 1. The van der Waals surface area contributed by atoms with E-state index in [0.717, 1.165) is 27.8 Å². The first-order valence-corrected chi connectivity index (χ1v) is 6.99. The van der Waals surface area contributed by atoms with Crippen LogP contribution in [-0.2, 0) is 12.3 Å². The van der Waals surface area contributed by atoms with Crippen LogP contribution >= 0.6 is 11.8 Å². The van der Waals surface area contributed by atoms with Crippen molar-refractivity contribution in [1.82, 2.24) is 9.97 Å². The van der Waals surface area contributed by atoms with Crippen LogP contribution in [0, 0.1) is 6.92 Å². The number of hydrogen-bond donors (Lipinski definition) is 1. The van der Waals surface area contributed by atoms with Crippen molar-refractivity contribution in [3.63, 3.8) is 0 Å². The zero-order valence-corrected chi connectivity index (χ0v) is 11.9. The van der Waals surface area contributed by atoms with Gasteiger partial charge in [-0.15, -0.1) is 0 Å². The largest absolute Gasteiger partial charge is 0.496 e. The van der Waals surface area contributed by atoms with Crippen LogP contribution in [0.3, 0.4) is 0 Å². The summed E-state index contributed by atoms with van der Waals surface area (Å²) in [7, 11) is 1.66. The van der Waals surface area contributed by atoms with Crippen LogP contribution in [0.4, 0.5) is 0 Å². The molecule has 2 aromatic rings. The summed E-state index contributed by atoms with van der Waals surface area (Å²) in [5, 5.41) is 0.788. The molecule has 2 rings (SSSR count). The number of aryl methyl sites for hydroxylation is 1. The van der Waals surface area contributed by atoms with Crippen LogP contribution in [-0.4, -0.2) is 17.1 Å². The van der Waals surface area contributed by atoms with Gasteiger partial charge in [-0.05, 0) is 30.2 Å². The molecule has 0 fully saturated rings. The Morgan fingerprint density at radius 2 is 2.00 bits per heavy atom. The maximum atomic E-state index is 5.71. The molecule has 0 aliphatic rings. The summed E-state index contributed by atoms with van der Waals surface area (Å²) >= 11 is 1.61. The summed E-state index contributed by atoms with van der Waals surface area (Å²) in [5.41, 5.74) is 8.99. The Morgan fingerprint density at radius 1 is 1.26 bits per heavy atom. The Balaban J connectivity index is 2.05. The lowest BCUT2D eigenvalue weighted by atomic mass is 10.1. The van der Waals surface area contributed by atoms with E-state index < -0.39 is 0 Å². The fourth-order valence-electron chi connectivity index (χ4n) is 1.68. The second-order valence-electron chi connectivity index (χ2n) is 4.18. The zero-order valence-electron chi connectivity index (χ0n) is 11.1. The van der Waals surface area contributed by atoms with Gasteiger partial charge in [0, 0.05) is 30.3 Å². The van der Waals surface area contributed by atoms with Crippen LogP contribution < -0.4 is 10.5 Å². The minimum atomic E-state index is 0.475. The van der Waals surface area contributed by atoms with Gasteiger partial charge < -0.3 is 10.5 Å². The van der Waals surface area contributed by atoms with Gasteiger partial charge in [-0.25, -0.2) is 9.97 Å². The standard InChI is InChI=1S/C14H17N3OS/c1-10-7-16-14(17-8-10)19-9-11-3-4-13(18-2)12(5-11)6-15/h3-5,7-8H,6,9,15H2,1-2H3. The fraction of sp³-hybridized carbons (Fsp3) is 0.286. The van der Waals surface area contributed by atoms with Gasteiger partial charge in [-0.2, -0.15) is 0 Å². The average Bonchev–Trinajstić information content (AvgIpc) is 2.46. The third-order valence-corrected chi connectivity index (χ3v) is 3.64. The molecule has 0 spiro atoms. The predicted octanol–water partition coefficient (Wildman–Crippen LogP) is 2.54. The third kappa shape index (κ3) is 3.68. The normalized spacial score (nSPS) is 10.5. The third-order valence-electron chi connectivity index (χ3n) is 2.69. The van der Waals surface area contributed by atoms with Crippen molar-refractivity contribution in [2.24, 2.45) is 5.73 Å². The van der Waals surface area contributed by atoms with Crippen molar-refractivity contribution in [2.75, 3.05) is 7.11 Å². The maximum absolute atomic E-state index is 5.71. The first kappa shape index (κ1) is 13.8. The molecule has 0 amide bonds. The van der Waals surface area contributed by atoms with Crippen LogP contribution in [0.25, 0.3) is 0 Å².